The molecule has 19 heavy (non-hydrogen) atoms. The van der Waals surface area contributed by atoms with Gasteiger partial charge in [0, 0.05) is 6.04 Å². The molecular formula is C18H29N. The summed E-state index contributed by atoms with van der Waals surface area (Å²) in [6, 6.07) is 10.0. The Hall–Kier alpha value is -0.820. The molecule has 1 nitrogen and oxygen atoms in total. The van der Waals surface area contributed by atoms with Gasteiger partial charge in [-0.05, 0) is 61.6 Å². The van der Waals surface area contributed by atoms with Crippen LogP contribution in [0.1, 0.15) is 51.2 Å². The number of rotatable bonds is 5. The van der Waals surface area contributed by atoms with E-state index in [9.17, 15) is 0 Å². The summed E-state index contributed by atoms with van der Waals surface area (Å²) in [4.78, 5) is 0. The van der Waals surface area contributed by atoms with Crippen molar-refractivity contribution < 1.29 is 0 Å². The number of piperidine rings is 1. The topological polar surface area (TPSA) is 12.0 Å². The molecule has 1 aliphatic heterocycles. The van der Waals surface area contributed by atoms with Gasteiger partial charge in [-0.15, -0.1) is 0 Å². The lowest BCUT2D eigenvalue weighted by Gasteiger charge is -2.28. The van der Waals surface area contributed by atoms with E-state index < -0.39 is 0 Å². The van der Waals surface area contributed by atoms with Crippen molar-refractivity contribution in [1.82, 2.24) is 5.32 Å². The molecule has 1 N–H and O–H groups in total. The Labute approximate surface area is 118 Å². The molecular weight excluding hydrogens is 230 g/mol. The lowest BCUT2D eigenvalue weighted by atomic mass is 9.90. The van der Waals surface area contributed by atoms with E-state index in [0.717, 1.165) is 17.9 Å². The molecule has 0 bridgehead atoms. The molecule has 1 aliphatic rings. The first-order valence-electron chi connectivity index (χ1n) is 7.94. The molecule has 106 valence electrons. The minimum atomic E-state index is 0.735. The Morgan fingerprint density at radius 3 is 2.47 bits per heavy atom. The van der Waals surface area contributed by atoms with Gasteiger partial charge >= 0.3 is 0 Å². The Balaban J connectivity index is 1.79. The number of aryl methyl sites for hydroxylation is 1. The zero-order chi connectivity index (χ0) is 13.7. The van der Waals surface area contributed by atoms with Gasteiger partial charge in [-0.1, -0.05) is 45.0 Å². The summed E-state index contributed by atoms with van der Waals surface area (Å²) in [5.74, 6) is 1.65. The van der Waals surface area contributed by atoms with Crippen LogP contribution in [0.25, 0.3) is 0 Å². The van der Waals surface area contributed by atoms with Crippen molar-refractivity contribution in [2.24, 2.45) is 11.8 Å². The lowest BCUT2D eigenvalue weighted by Crippen LogP contribution is -2.37. The summed E-state index contributed by atoms with van der Waals surface area (Å²) in [7, 11) is 0. The molecule has 2 unspecified atom stereocenters. The van der Waals surface area contributed by atoms with Crippen LogP contribution in [-0.4, -0.2) is 12.6 Å². The normalized spacial score (nSPS) is 23.8. The first-order valence-corrected chi connectivity index (χ1v) is 7.94. The van der Waals surface area contributed by atoms with E-state index in [1.165, 1.54) is 49.8 Å². The van der Waals surface area contributed by atoms with Gasteiger partial charge < -0.3 is 5.32 Å². The Bertz CT molecular complexity index is 366. The summed E-state index contributed by atoms with van der Waals surface area (Å²) in [6.07, 6.45) is 6.40. The van der Waals surface area contributed by atoms with Crippen molar-refractivity contribution in [3.63, 3.8) is 0 Å². The smallest absolute Gasteiger partial charge is 0.00727 e. The van der Waals surface area contributed by atoms with Crippen molar-refractivity contribution >= 4 is 0 Å². The summed E-state index contributed by atoms with van der Waals surface area (Å²) in [6.45, 7) is 8.15. The molecule has 0 radical (unpaired) electrons. The fourth-order valence-electron chi connectivity index (χ4n) is 3.09. The van der Waals surface area contributed by atoms with E-state index in [4.69, 9.17) is 0 Å². The van der Waals surface area contributed by atoms with Gasteiger partial charge in [-0.2, -0.15) is 0 Å². The minimum absolute atomic E-state index is 0.735. The van der Waals surface area contributed by atoms with Crippen LogP contribution < -0.4 is 5.32 Å². The van der Waals surface area contributed by atoms with E-state index >= 15 is 0 Å². The minimum Gasteiger partial charge on any atom is -0.314 e. The predicted molar refractivity (Wildman–Crippen MR) is 83.5 cm³/mol. The Morgan fingerprint density at radius 1 is 1.16 bits per heavy atom. The predicted octanol–water partition coefficient (Wildman–Crippen LogP) is 4.21. The molecule has 0 amide bonds. The Kier molecular flexibility index (Phi) is 5.45. The number of benzene rings is 1. The number of hydrogen-bond acceptors (Lipinski definition) is 1. The zero-order valence-electron chi connectivity index (χ0n) is 12.8. The largest absolute Gasteiger partial charge is 0.314 e. The van der Waals surface area contributed by atoms with Crippen LogP contribution in [0.15, 0.2) is 24.3 Å². The molecule has 1 heteroatoms. The van der Waals surface area contributed by atoms with Crippen molar-refractivity contribution in [3.05, 3.63) is 35.4 Å². The summed E-state index contributed by atoms with van der Waals surface area (Å²) >= 11 is 0. The van der Waals surface area contributed by atoms with Gasteiger partial charge in [-0.3, -0.25) is 0 Å². The molecule has 1 fully saturated rings. The van der Waals surface area contributed by atoms with Crippen LogP contribution in [0, 0.1) is 11.8 Å². The maximum absolute atomic E-state index is 3.66. The molecule has 1 aromatic carbocycles. The molecule has 0 aromatic heterocycles. The first-order chi connectivity index (χ1) is 9.13. The van der Waals surface area contributed by atoms with E-state index in [1.807, 2.05) is 0 Å². The maximum Gasteiger partial charge on any atom is 0.00727 e. The highest BCUT2D eigenvalue weighted by Gasteiger charge is 2.17. The van der Waals surface area contributed by atoms with Crippen molar-refractivity contribution in [1.29, 1.82) is 0 Å². The SMILES string of the molecule is CC(C)Cc1ccc(CCC2CC(C)CCN2)cc1. The first kappa shape index (κ1) is 14.6. The van der Waals surface area contributed by atoms with Gasteiger partial charge in [-0.25, -0.2) is 0 Å². The highest BCUT2D eigenvalue weighted by molar-refractivity contribution is 5.23. The van der Waals surface area contributed by atoms with Gasteiger partial charge in [0.25, 0.3) is 0 Å². The van der Waals surface area contributed by atoms with Crippen LogP contribution >= 0.6 is 0 Å². The van der Waals surface area contributed by atoms with Crippen molar-refractivity contribution in [2.45, 2.75) is 58.9 Å². The van der Waals surface area contributed by atoms with Crippen molar-refractivity contribution in [3.8, 4) is 0 Å². The third-order valence-electron chi connectivity index (χ3n) is 4.21. The molecule has 1 saturated heterocycles. The van der Waals surface area contributed by atoms with Crippen LogP contribution in [0.2, 0.25) is 0 Å². The zero-order valence-corrected chi connectivity index (χ0v) is 12.8. The standard InChI is InChI=1S/C18H29N/c1-14(2)12-17-6-4-16(5-7-17)8-9-18-13-15(3)10-11-19-18/h4-7,14-15,18-19H,8-13H2,1-3H3. The number of nitrogens with one attached hydrogen (secondary N) is 1. The van der Waals surface area contributed by atoms with E-state index in [2.05, 4.69) is 50.4 Å². The third kappa shape index (κ3) is 4.99. The summed E-state index contributed by atoms with van der Waals surface area (Å²) in [5, 5.41) is 3.66. The molecule has 1 aromatic rings. The van der Waals surface area contributed by atoms with Gasteiger partial charge in [0.15, 0.2) is 0 Å². The van der Waals surface area contributed by atoms with Crippen LogP contribution in [0.4, 0.5) is 0 Å². The van der Waals surface area contributed by atoms with Crippen LogP contribution in [-0.2, 0) is 12.8 Å². The van der Waals surface area contributed by atoms with Gasteiger partial charge in [0.2, 0.25) is 0 Å². The van der Waals surface area contributed by atoms with E-state index in [1.54, 1.807) is 0 Å². The fraction of sp³-hybridized carbons (Fsp3) is 0.667. The molecule has 1 heterocycles. The van der Waals surface area contributed by atoms with E-state index in [-0.39, 0.29) is 0 Å². The fourth-order valence-corrected chi connectivity index (χ4v) is 3.09. The van der Waals surface area contributed by atoms with Crippen molar-refractivity contribution in [2.75, 3.05) is 6.54 Å². The Morgan fingerprint density at radius 2 is 1.84 bits per heavy atom. The molecule has 0 spiro atoms. The highest BCUT2D eigenvalue weighted by Crippen LogP contribution is 2.19. The maximum atomic E-state index is 3.66. The quantitative estimate of drug-likeness (QED) is 0.835. The second-order valence-corrected chi connectivity index (χ2v) is 6.73. The summed E-state index contributed by atoms with van der Waals surface area (Å²) in [5.41, 5.74) is 2.97. The monoisotopic (exact) mass is 259 g/mol. The van der Waals surface area contributed by atoms with Crippen LogP contribution in [0.3, 0.4) is 0 Å². The molecule has 0 aliphatic carbocycles. The molecule has 0 saturated carbocycles. The number of hydrogen-bond donors (Lipinski definition) is 1. The molecule has 2 rings (SSSR count). The average Bonchev–Trinajstić information content (AvgIpc) is 2.37. The molecule has 2 atom stereocenters. The van der Waals surface area contributed by atoms with Gasteiger partial charge in [0.05, 0.1) is 0 Å². The second kappa shape index (κ2) is 7.09. The highest BCUT2D eigenvalue weighted by atomic mass is 14.9. The average molecular weight is 259 g/mol. The van der Waals surface area contributed by atoms with Crippen LogP contribution in [0.5, 0.6) is 0 Å². The third-order valence-corrected chi connectivity index (χ3v) is 4.21. The van der Waals surface area contributed by atoms with Gasteiger partial charge in [0.1, 0.15) is 0 Å². The van der Waals surface area contributed by atoms with E-state index in [0.29, 0.717) is 0 Å². The second-order valence-electron chi connectivity index (χ2n) is 6.73. The lowest BCUT2D eigenvalue weighted by molar-refractivity contribution is 0.308. The summed E-state index contributed by atoms with van der Waals surface area (Å²) < 4.78 is 0.